The van der Waals surface area contributed by atoms with Crippen LogP contribution < -0.4 is 0 Å². The highest BCUT2D eigenvalue weighted by Crippen LogP contribution is 2.20. The van der Waals surface area contributed by atoms with Crippen LogP contribution in [0.5, 0.6) is 0 Å². The van der Waals surface area contributed by atoms with Crippen LogP contribution in [0.4, 0.5) is 0 Å². The van der Waals surface area contributed by atoms with Crippen LogP contribution in [-0.2, 0) is 14.6 Å². The van der Waals surface area contributed by atoms with Gasteiger partial charge in [0, 0.05) is 12.9 Å². The smallest absolute Gasteiger partial charge is 0.147 e. The van der Waals surface area contributed by atoms with Crippen molar-refractivity contribution >= 4 is 9.84 Å². The van der Waals surface area contributed by atoms with Crippen LogP contribution in [0.25, 0.3) is 0 Å². The van der Waals surface area contributed by atoms with Crippen molar-refractivity contribution in [1.29, 1.82) is 0 Å². The van der Waals surface area contributed by atoms with Crippen LogP contribution in [0.2, 0.25) is 0 Å². The monoisotopic (exact) mass is 236 g/mol. The van der Waals surface area contributed by atoms with E-state index in [2.05, 4.69) is 0 Å². The SMILES string of the molecule is CS(=O)(=O)CCCOC1CCC(O)CC1. The second-order valence-corrected chi connectivity index (χ2v) is 6.54. The lowest BCUT2D eigenvalue weighted by Crippen LogP contribution is -2.25. The average Bonchev–Trinajstić information content (AvgIpc) is 2.14. The molecule has 0 aliphatic heterocycles. The maximum absolute atomic E-state index is 10.8. The van der Waals surface area contributed by atoms with Crippen LogP contribution in [-0.4, -0.2) is 44.3 Å². The van der Waals surface area contributed by atoms with E-state index in [0.717, 1.165) is 25.7 Å². The molecule has 0 heterocycles. The lowest BCUT2D eigenvalue weighted by molar-refractivity contribution is -0.00256. The highest BCUT2D eigenvalue weighted by atomic mass is 32.2. The fraction of sp³-hybridized carbons (Fsp3) is 1.00. The molecule has 0 atom stereocenters. The van der Waals surface area contributed by atoms with Crippen molar-refractivity contribution in [2.24, 2.45) is 0 Å². The van der Waals surface area contributed by atoms with Gasteiger partial charge in [-0.15, -0.1) is 0 Å². The molecular formula is C10H20O4S. The Morgan fingerprint density at radius 3 is 2.40 bits per heavy atom. The lowest BCUT2D eigenvalue weighted by Gasteiger charge is -2.25. The molecule has 0 amide bonds. The first-order valence-electron chi connectivity index (χ1n) is 5.45. The summed E-state index contributed by atoms with van der Waals surface area (Å²) in [6.07, 6.45) is 5.24. The molecule has 0 aromatic heterocycles. The Morgan fingerprint density at radius 1 is 1.27 bits per heavy atom. The highest BCUT2D eigenvalue weighted by Gasteiger charge is 2.19. The Hall–Kier alpha value is -0.130. The minimum Gasteiger partial charge on any atom is -0.393 e. The van der Waals surface area contributed by atoms with Crippen LogP contribution in [0.1, 0.15) is 32.1 Å². The molecule has 1 saturated carbocycles. The Balaban J connectivity index is 2.06. The quantitative estimate of drug-likeness (QED) is 0.715. The third-order valence-electron chi connectivity index (χ3n) is 2.66. The molecule has 1 fully saturated rings. The van der Waals surface area contributed by atoms with Gasteiger partial charge in [-0.1, -0.05) is 0 Å². The van der Waals surface area contributed by atoms with Gasteiger partial charge in [0.1, 0.15) is 9.84 Å². The predicted molar refractivity (Wildman–Crippen MR) is 58.5 cm³/mol. The van der Waals surface area contributed by atoms with Crippen molar-refractivity contribution < 1.29 is 18.3 Å². The number of rotatable bonds is 5. The number of ether oxygens (including phenoxy) is 1. The molecule has 0 saturated heterocycles. The Morgan fingerprint density at radius 2 is 1.87 bits per heavy atom. The molecule has 0 spiro atoms. The van der Waals surface area contributed by atoms with Gasteiger partial charge in [-0.2, -0.15) is 0 Å². The van der Waals surface area contributed by atoms with Gasteiger partial charge in [0.2, 0.25) is 0 Å². The largest absolute Gasteiger partial charge is 0.393 e. The molecule has 5 heteroatoms. The molecule has 1 aliphatic carbocycles. The summed E-state index contributed by atoms with van der Waals surface area (Å²) in [7, 11) is -2.86. The molecule has 90 valence electrons. The zero-order chi connectivity index (χ0) is 11.3. The van der Waals surface area contributed by atoms with Crippen LogP contribution >= 0.6 is 0 Å². The number of aliphatic hydroxyl groups is 1. The molecule has 1 rings (SSSR count). The summed E-state index contributed by atoms with van der Waals surface area (Å²) < 4.78 is 27.2. The molecule has 1 N–H and O–H groups in total. The van der Waals surface area contributed by atoms with Gasteiger partial charge in [-0.25, -0.2) is 8.42 Å². The maximum Gasteiger partial charge on any atom is 0.147 e. The number of sulfone groups is 1. The Kier molecular flexibility index (Phi) is 5.02. The number of aliphatic hydroxyl groups excluding tert-OH is 1. The second-order valence-electron chi connectivity index (χ2n) is 4.28. The minimum absolute atomic E-state index is 0.166. The van der Waals surface area contributed by atoms with Crippen molar-refractivity contribution in [1.82, 2.24) is 0 Å². The summed E-state index contributed by atoms with van der Waals surface area (Å²) in [5.74, 6) is 0.197. The Labute approximate surface area is 91.6 Å². The van der Waals surface area contributed by atoms with Crippen molar-refractivity contribution in [2.75, 3.05) is 18.6 Å². The normalized spacial score (nSPS) is 27.9. The van der Waals surface area contributed by atoms with Crippen molar-refractivity contribution in [3.63, 3.8) is 0 Å². The summed E-state index contributed by atoms with van der Waals surface area (Å²) in [5.41, 5.74) is 0. The topological polar surface area (TPSA) is 63.6 Å². The van der Waals surface area contributed by atoms with E-state index in [9.17, 15) is 13.5 Å². The first kappa shape index (κ1) is 12.9. The van der Waals surface area contributed by atoms with E-state index in [1.165, 1.54) is 6.26 Å². The zero-order valence-corrected chi connectivity index (χ0v) is 10.0. The summed E-state index contributed by atoms with van der Waals surface area (Å²) in [5, 5.41) is 9.27. The van der Waals surface area contributed by atoms with Crippen LogP contribution in [0, 0.1) is 0 Å². The number of hydrogen-bond donors (Lipinski definition) is 1. The van der Waals surface area contributed by atoms with Gasteiger partial charge in [0.15, 0.2) is 0 Å². The maximum atomic E-state index is 10.8. The first-order valence-corrected chi connectivity index (χ1v) is 7.51. The fourth-order valence-corrected chi connectivity index (χ4v) is 2.43. The van der Waals surface area contributed by atoms with Crippen molar-refractivity contribution in [3.8, 4) is 0 Å². The van der Waals surface area contributed by atoms with E-state index in [-0.39, 0.29) is 18.0 Å². The predicted octanol–water partition coefficient (Wildman–Crippen LogP) is 0.741. The van der Waals surface area contributed by atoms with Gasteiger partial charge < -0.3 is 9.84 Å². The average molecular weight is 236 g/mol. The summed E-state index contributed by atoms with van der Waals surface area (Å²) in [6.45, 7) is 0.508. The van der Waals surface area contributed by atoms with Crippen LogP contribution in [0.3, 0.4) is 0 Å². The van der Waals surface area contributed by atoms with Crippen LogP contribution in [0.15, 0.2) is 0 Å². The van der Waals surface area contributed by atoms with Gasteiger partial charge >= 0.3 is 0 Å². The molecular weight excluding hydrogens is 216 g/mol. The molecule has 0 radical (unpaired) electrons. The fourth-order valence-electron chi connectivity index (χ4n) is 1.78. The van der Waals surface area contributed by atoms with E-state index in [1.807, 2.05) is 0 Å². The van der Waals surface area contributed by atoms with Crippen molar-refractivity contribution in [2.45, 2.75) is 44.3 Å². The first-order chi connectivity index (χ1) is 6.97. The van der Waals surface area contributed by atoms with Gasteiger partial charge in [-0.05, 0) is 32.1 Å². The minimum atomic E-state index is -2.86. The van der Waals surface area contributed by atoms with E-state index < -0.39 is 9.84 Å². The van der Waals surface area contributed by atoms with E-state index >= 15 is 0 Å². The summed E-state index contributed by atoms with van der Waals surface area (Å²) >= 11 is 0. The standard InChI is InChI=1S/C10H20O4S/c1-15(12,13)8-2-7-14-10-5-3-9(11)4-6-10/h9-11H,2-8H2,1H3. The Bertz CT molecular complexity index is 265. The highest BCUT2D eigenvalue weighted by molar-refractivity contribution is 7.90. The third kappa shape index (κ3) is 6.12. The molecule has 0 bridgehead atoms. The van der Waals surface area contributed by atoms with Gasteiger partial charge in [0.25, 0.3) is 0 Å². The lowest BCUT2D eigenvalue weighted by atomic mass is 9.95. The van der Waals surface area contributed by atoms with Crippen molar-refractivity contribution in [3.05, 3.63) is 0 Å². The van der Waals surface area contributed by atoms with E-state index in [0.29, 0.717) is 13.0 Å². The molecule has 15 heavy (non-hydrogen) atoms. The van der Waals surface area contributed by atoms with Gasteiger partial charge in [0.05, 0.1) is 18.0 Å². The second kappa shape index (κ2) is 5.82. The molecule has 0 aromatic carbocycles. The summed E-state index contributed by atoms with van der Waals surface area (Å²) in [4.78, 5) is 0. The molecule has 0 aromatic rings. The molecule has 4 nitrogen and oxygen atoms in total. The summed E-state index contributed by atoms with van der Waals surface area (Å²) in [6, 6.07) is 0. The third-order valence-corrected chi connectivity index (χ3v) is 3.69. The van der Waals surface area contributed by atoms with E-state index in [1.54, 1.807) is 0 Å². The molecule has 1 aliphatic rings. The molecule has 0 unspecified atom stereocenters. The zero-order valence-electron chi connectivity index (χ0n) is 9.18. The van der Waals surface area contributed by atoms with Gasteiger partial charge in [-0.3, -0.25) is 0 Å². The van der Waals surface area contributed by atoms with E-state index in [4.69, 9.17) is 4.74 Å². The number of hydrogen-bond acceptors (Lipinski definition) is 4.